The molecule has 158 valence electrons. The molecule has 0 saturated heterocycles. The third kappa shape index (κ3) is 4.39. The van der Waals surface area contributed by atoms with E-state index >= 15 is 0 Å². The highest BCUT2D eigenvalue weighted by Crippen LogP contribution is 2.29. The van der Waals surface area contributed by atoms with Crippen LogP contribution in [0.2, 0.25) is 0 Å². The molecule has 0 spiro atoms. The molecule has 0 bridgehead atoms. The summed E-state index contributed by atoms with van der Waals surface area (Å²) >= 11 is 1.62. The van der Waals surface area contributed by atoms with Crippen LogP contribution >= 0.6 is 11.3 Å². The number of rotatable bonds is 7. The number of amides is 1. The molecule has 2 aromatic carbocycles. The minimum absolute atomic E-state index is 0.0180. The largest absolute Gasteiger partial charge is 0.493 e. The zero-order valence-corrected chi connectivity index (χ0v) is 18.6. The number of para-hydroxylation sites is 1. The maximum atomic E-state index is 13.4. The molecule has 0 unspecified atom stereocenters. The predicted molar refractivity (Wildman–Crippen MR) is 125 cm³/mol. The van der Waals surface area contributed by atoms with E-state index < -0.39 is 0 Å². The number of nitrogens with zero attached hydrogens (tertiary/aromatic N) is 2. The summed E-state index contributed by atoms with van der Waals surface area (Å²) in [6, 6.07) is 17.6. The normalized spacial score (nSPS) is 10.8. The van der Waals surface area contributed by atoms with Gasteiger partial charge in [0.1, 0.15) is 0 Å². The molecule has 0 radical (unpaired) electrons. The van der Waals surface area contributed by atoms with Crippen molar-refractivity contribution in [3.8, 4) is 22.8 Å². The fraction of sp³-hybridized carbons (Fsp3) is 0.200. The topological polar surface area (TPSA) is 51.7 Å². The first-order valence-corrected chi connectivity index (χ1v) is 10.9. The van der Waals surface area contributed by atoms with Crippen molar-refractivity contribution in [2.24, 2.45) is 0 Å². The number of carbonyl (C=O) groups excluding carboxylic acids is 1. The number of ether oxygens (including phenoxy) is 2. The molecule has 4 aromatic rings. The van der Waals surface area contributed by atoms with E-state index in [1.165, 1.54) is 0 Å². The van der Waals surface area contributed by atoms with Crippen LogP contribution in [0, 0.1) is 0 Å². The molecule has 0 aliphatic rings. The maximum Gasteiger partial charge on any atom is 0.254 e. The first-order chi connectivity index (χ1) is 15.1. The molecule has 0 aliphatic carbocycles. The first-order valence-electron chi connectivity index (χ1n) is 9.99. The third-order valence-electron chi connectivity index (χ3n) is 5.29. The SMILES string of the molecule is COc1ccc(CCN(C)C(=O)c2cc(-c3ccsc3)nc3ccccc23)cc1OC. The molecule has 1 amide bonds. The molecule has 5 nitrogen and oxygen atoms in total. The van der Waals surface area contributed by atoms with Crippen molar-refractivity contribution in [3.05, 3.63) is 76.5 Å². The Morgan fingerprint density at radius 1 is 1.03 bits per heavy atom. The summed E-state index contributed by atoms with van der Waals surface area (Å²) in [5.74, 6) is 1.37. The minimum Gasteiger partial charge on any atom is -0.493 e. The number of hydrogen-bond donors (Lipinski definition) is 0. The summed E-state index contributed by atoms with van der Waals surface area (Å²) in [7, 11) is 5.08. The van der Waals surface area contributed by atoms with E-state index in [0.717, 1.165) is 27.7 Å². The molecule has 2 heterocycles. The van der Waals surface area contributed by atoms with Crippen molar-refractivity contribution in [2.45, 2.75) is 6.42 Å². The summed E-state index contributed by atoms with van der Waals surface area (Å²) in [6.45, 7) is 0.582. The van der Waals surface area contributed by atoms with E-state index in [4.69, 9.17) is 14.5 Å². The lowest BCUT2D eigenvalue weighted by molar-refractivity contribution is 0.0798. The van der Waals surface area contributed by atoms with Gasteiger partial charge in [0.05, 0.1) is 31.0 Å². The van der Waals surface area contributed by atoms with Gasteiger partial charge in [0.2, 0.25) is 0 Å². The Kier molecular flexibility index (Phi) is 6.18. The van der Waals surface area contributed by atoms with Crippen molar-refractivity contribution in [1.29, 1.82) is 0 Å². The summed E-state index contributed by atoms with van der Waals surface area (Å²) in [5, 5.41) is 4.93. The van der Waals surface area contributed by atoms with Crippen LogP contribution in [-0.2, 0) is 6.42 Å². The highest BCUT2D eigenvalue weighted by Gasteiger charge is 2.18. The Balaban J connectivity index is 1.59. The lowest BCUT2D eigenvalue weighted by Crippen LogP contribution is -2.29. The van der Waals surface area contributed by atoms with Gasteiger partial charge in [-0.05, 0) is 47.7 Å². The van der Waals surface area contributed by atoms with Gasteiger partial charge in [0.25, 0.3) is 5.91 Å². The number of thiophene rings is 1. The molecular weight excluding hydrogens is 408 g/mol. The monoisotopic (exact) mass is 432 g/mol. The Morgan fingerprint density at radius 2 is 1.84 bits per heavy atom. The van der Waals surface area contributed by atoms with Crippen molar-refractivity contribution in [1.82, 2.24) is 9.88 Å². The molecule has 0 saturated carbocycles. The van der Waals surface area contributed by atoms with E-state index in [-0.39, 0.29) is 5.91 Å². The molecule has 0 fully saturated rings. The van der Waals surface area contributed by atoms with E-state index in [2.05, 4.69) is 0 Å². The lowest BCUT2D eigenvalue weighted by Gasteiger charge is -2.19. The predicted octanol–water partition coefficient (Wildman–Crippen LogP) is 5.30. The van der Waals surface area contributed by atoms with Crippen LogP contribution in [0.1, 0.15) is 15.9 Å². The first kappa shape index (κ1) is 20.9. The number of carbonyl (C=O) groups is 1. The van der Waals surface area contributed by atoms with Crippen LogP contribution in [0.3, 0.4) is 0 Å². The average molecular weight is 433 g/mol. The number of fused-ring (bicyclic) bond motifs is 1. The molecular formula is C25H24N2O3S. The van der Waals surface area contributed by atoms with Crippen LogP contribution in [0.4, 0.5) is 0 Å². The van der Waals surface area contributed by atoms with Gasteiger partial charge in [-0.2, -0.15) is 11.3 Å². The van der Waals surface area contributed by atoms with Crippen LogP contribution in [0.5, 0.6) is 11.5 Å². The van der Waals surface area contributed by atoms with Crippen LogP contribution in [0.15, 0.2) is 65.4 Å². The molecule has 0 aliphatic heterocycles. The molecule has 0 atom stereocenters. The highest BCUT2D eigenvalue weighted by atomic mass is 32.1. The standard InChI is InChI=1S/C25H24N2O3S/c1-27(12-10-17-8-9-23(29-2)24(14-17)30-3)25(28)20-15-22(18-11-13-31-16-18)26-21-7-5-4-6-19(20)21/h4-9,11,13-16H,10,12H2,1-3H3. The quantitative estimate of drug-likeness (QED) is 0.398. The summed E-state index contributed by atoms with van der Waals surface area (Å²) in [6.07, 6.45) is 0.711. The van der Waals surface area contributed by atoms with E-state index in [1.807, 2.05) is 72.4 Å². The van der Waals surface area contributed by atoms with Gasteiger partial charge in [0, 0.05) is 29.9 Å². The van der Waals surface area contributed by atoms with Gasteiger partial charge in [-0.25, -0.2) is 4.98 Å². The summed E-state index contributed by atoms with van der Waals surface area (Å²) in [5.41, 5.74) is 4.41. The van der Waals surface area contributed by atoms with E-state index in [0.29, 0.717) is 30.0 Å². The number of hydrogen-bond acceptors (Lipinski definition) is 5. The van der Waals surface area contributed by atoms with Crippen molar-refractivity contribution in [2.75, 3.05) is 27.8 Å². The molecule has 0 N–H and O–H groups in total. The molecule has 31 heavy (non-hydrogen) atoms. The van der Waals surface area contributed by atoms with Gasteiger partial charge < -0.3 is 14.4 Å². The number of aromatic nitrogens is 1. The Morgan fingerprint density at radius 3 is 2.58 bits per heavy atom. The number of pyridine rings is 1. The fourth-order valence-electron chi connectivity index (χ4n) is 3.55. The second-order valence-corrected chi connectivity index (χ2v) is 8.03. The van der Waals surface area contributed by atoms with Crippen LogP contribution in [-0.4, -0.2) is 43.6 Å². The summed E-state index contributed by atoms with van der Waals surface area (Å²) < 4.78 is 10.7. The van der Waals surface area contributed by atoms with Gasteiger partial charge >= 0.3 is 0 Å². The second-order valence-electron chi connectivity index (χ2n) is 7.25. The van der Waals surface area contributed by atoms with E-state index in [1.54, 1.807) is 30.5 Å². The third-order valence-corrected chi connectivity index (χ3v) is 5.98. The Hall–Kier alpha value is -3.38. The molecule has 2 aromatic heterocycles. The Labute approximate surface area is 185 Å². The lowest BCUT2D eigenvalue weighted by atomic mass is 10.0. The van der Waals surface area contributed by atoms with Crippen LogP contribution in [0.25, 0.3) is 22.2 Å². The summed E-state index contributed by atoms with van der Waals surface area (Å²) in [4.78, 5) is 19.9. The van der Waals surface area contributed by atoms with Crippen molar-refractivity contribution < 1.29 is 14.3 Å². The second kappa shape index (κ2) is 9.18. The number of benzene rings is 2. The number of methoxy groups -OCH3 is 2. The highest BCUT2D eigenvalue weighted by molar-refractivity contribution is 7.08. The minimum atomic E-state index is -0.0180. The van der Waals surface area contributed by atoms with Gasteiger partial charge in [-0.15, -0.1) is 0 Å². The van der Waals surface area contributed by atoms with Gasteiger partial charge in [0.15, 0.2) is 11.5 Å². The van der Waals surface area contributed by atoms with Crippen molar-refractivity contribution >= 4 is 28.1 Å². The number of likely N-dealkylation sites (N-methyl/N-ethyl adjacent to an activating group) is 1. The average Bonchev–Trinajstić information content (AvgIpc) is 3.36. The zero-order chi connectivity index (χ0) is 21.8. The smallest absolute Gasteiger partial charge is 0.254 e. The maximum absolute atomic E-state index is 13.4. The van der Waals surface area contributed by atoms with Gasteiger partial charge in [-0.1, -0.05) is 24.3 Å². The van der Waals surface area contributed by atoms with E-state index in [9.17, 15) is 4.79 Å². The fourth-order valence-corrected chi connectivity index (χ4v) is 4.20. The molecule has 4 rings (SSSR count). The van der Waals surface area contributed by atoms with Gasteiger partial charge in [-0.3, -0.25) is 4.79 Å². The Bertz CT molecular complexity index is 1200. The van der Waals surface area contributed by atoms with Crippen molar-refractivity contribution in [3.63, 3.8) is 0 Å². The molecule has 6 heteroatoms. The van der Waals surface area contributed by atoms with Crippen LogP contribution < -0.4 is 9.47 Å². The zero-order valence-electron chi connectivity index (χ0n) is 17.8.